The van der Waals surface area contributed by atoms with E-state index in [9.17, 15) is 4.79 Å². The smallest absolute Gasteiger partial charge is 0.261 e. The zero-order chi connectivity index (χ0) is 18.3. The summed E-state index contributed by atoms with van der Waals surface area (Å²) >= 11 is 13.0. The largest absolute Gasteiger partial charge is 0.360 e. The van der Waals surface area contributed by atoms with Crippen molar-refractivity contribution in [2.45, 2.75) is 6.17 Å². The van der Waals surface area contributed by atoms with Crippen LogP contribution in [-0.4, -0.2) is 10.9 Å². The van der Waals surface area contributed by atoms with E-state index in [1.54, 1.807) is 23.2 Å². The fraction of sp³-hybridized carbons (Fsp3) is 0.0526. The molecule has 0 spiro atoms. The Balaban J connectivity index is 1.79. The second-order valence-electron chi connectivity index (χ2n) is 5.77. The van der Waals surface area contributed by atoms with Crippen molar-refractivity contribution in [3.05, 3.63) is 85.9 Å². The number of carbonyl (C=O) groups excluding carboxylic acids is 1. The Bertz CT molecular complexity index is 994. The molecule has 4 rings (SSSR count). The number of fused-ring (bicyclic) bond motifs is 1. The van der Waals surface area contributed by atoms with Crippen LogP contribution in [0.1, 0.15) is 22.1 Å². The van der Waals surface area contributed by atoms with Gasteiger partial charge in [-0.2, -0.15) is 0 Å². The number of nitrogens with one attached hydrogen (secondary N) is 1. The van der Waals surface area contributed by atoms with E-state index in [4.69, 9.17) is 11.6 Å². The lowest BCUT2D eigenvalue weighted by Gasteiger charge is -2.26. The summed E-state index contributed by atoms with van der Waals surface area (Å²) in [7, 11) is 0. The number of pyridine rings is 1. The van der Waals surface area contributed by atoms with Crippen LogP contribution in [0.4, 0.5) is 11.5 Å². The molecule has 0 unspecified atom stereocenters. The first-order valence-electron chi connectivity index (χ1n) is 7.80. The van der Waals surface area contributed by atoms with Crippen LogP contribution in [0.3, 0.4) is 0 Å². The summed E-state index contributed by atoms with van der Waals surface area (Å²) in [6.45, 7) is 0. The Kier molecular flexibility index (Phi) is 4.73. The van der Waals surface area contributed by atoms with Crippen LogP contribution in [-0.2, 0) is 0 Å². The number of aromatic nitrogens is 1. The highest BCUT2D eigenvalue weighted by molar-refractivity contribution is 9.11. The number of hydrogen-bond donors (Lipinski definition) is 1. The number of nitrogens with zero attached hydrogens (tertiary/aromatic N) is 2. The summed E-state index contributed by atoms with van der Waals surface area (Å²) in [6.07, 6.45) is 1.17. The van der Waals surface area contributed by atoms with E-state index in [0.717, 1.165) is 20.2 Å². The Morgan fingerprint density at radius 3 is 2.62 bits per heavy atom. The maximum absolute atomic E-state index is 13.0. The van der Waals surface area contributed by atoms with Crippen molar-refractivity contribution in [1.29, 1.82) is 0 Å². The van der Waals surface area contributed by atoms with Gasteiger partial charge in [0.25, 0.3) is 5.91 Å². The Morgan fingerprint density at radius 1 is 1.08 bits per heavy atom. The monoisotopic (exact) mass is 491 g/mol. The van der Waals surface area contributed by atoms with Gasteiger partial charge in [0.1, 0.15) is 12.0 Å². The van der Waals surface area contributed by atoms with Crippen LogP contribution in [0.15, 0.2) is 69.7 Å². The van der Waals surface area contributed by atoms with Gasteiger partial charge >= 0.3 is 0 Å². The minimum absolute atomic E-state index is 0.0962. The van der Waals surface area contributed by atoms with Crippen LogP contribution < -0.4 is 10.2 Å². The van der Waals surface area contributed by atoms with Crippen molar-refractivity contribution >= 4 is 60.9 Å². The molecule has 1 amide bonds. The van der Waals surface area contributed by atoms with Gasteiger partial charge in [0.05, 0.1) is 10.7 Å². The van der Waals surface area contributed by atoms with Gasteiger partial charge < -0.3 is 5.32 Å². The highest BCUT2D eigenvalue weighted by atomic mass is 79.9. The molecular formula is C19H12Br2ClN3O. The topological polar surface area (TPSA) is 45.2 Å². The molecule has 7 heteroatoms. The third kappa shape index (κ3) is 3.13. The maximum atomic E-state index is 13.0. The fourth-order valence-electron chi connectivity index (χ4n) is 2.96. The molecule has 0 fully saturated rings. The SMILES string of the molecule is O=C1c2ccccc2[C@@H](Nc2ccc(Br)cc2Br)N1c1ccc(Cl)cn1. The lowest BCUT2D eigenvalue weighted by Crippen LogP contribution is -2.33. The second-order valence-corrected chi connectivity index (χ2v) is 7.97. The first-order chi connectivity index (χ1) is 12.5. The summed E-state index contributed by atoms with van der Waals surface area (Å²) in [4.78, 5) is 19.0. The number of carbonyl (C=O) groups is 1. The molecule has 1 aliphatic heterocycles. The summed E-state index contributed by atoms with van der Waals surface area (Å²) in [5.74, 6) is 0.447. The molecule has 2 aromatic carbocycles. The third-order valence-electron chi connectivity index (χ3n) is 4.14. The summed E-state index contributed by atoms with van der Waals surface area (Å²) < 4.78 is 1.86. The standard InChI is InChI=1S/C19H12Br2ClN3O/c20-11-5-7-16(15(21)9-11)24-18-13-3-1-2-4-14(13)19(26)25(18)17-8-6-12(22)10-23-17/h1-10,18,24H/t18-/m0/s1. The molecule has 0 radical (unpaired) electrons. The molecule has 1 aliphatic rings. The Labute approximate surface area is 172 Å². The van der Waals surface area contributed by atoms with Crippen molar-refractivity contribution in [3.63, 3.8) is 0 Å². The van der Waals surface area contributed by atoms with Crippen molar-refractivity contribution in [3.8, 4) is 0 Å². The summed E-state index contributed by atoms with van der Waals surface area (Å²) in [5.41, 5.74) is 2.45. The normalized spacial score (nSPS) is 15.9. The van der Waals surface area contributed by atoms with Gasteiger partial charge in [-0.25, -0.2) is 4.98 Å². The average molecular weight is 494 g/mol. The lowest BCUT2D eigenvalue weighted by atomic mass is 10.1. The second kappa shape index (κ2) is 7.02. The van der Waals surface area contributed by atoms with Crippen LogP contribution in [0.25, 0.3) is 0 Å². The van der Waals surface area contributed by atoms with E-state index in [1.165, 1.54) is 0 Å². The van der Waals surface area contributed by atoms with Gasteiger partial charge in [-0.15, -0.1) is 0 Å². The molecule has 1 aromatic heterocycles. The van der Waals surface area contributed by atoms with Crippen molar-refractivity contribution < 1.29 is 4.79 Å². The quantitative estimate of drug-likeness (QED) is 0.485. The molecule has 26 heavy (non-hydrogen) atoms. The third-order valence-corrected chi connectivity index (χ3v) is 5.52. The number of halogens is 3. The van der Waals surface area contributed by atoms with Crippen molar-refractivity contribution in [2.24, 2.45) is 0 Å². The Hall–Kier alpha value is -1.89. The van der Waals surface area contributed by atoms with E-state index < -0.39 is 0 Å². The Morgan fingerprint density at radius 2 is 1.88 bits per heavy atom. The van der Waals surface area contributed by atoms with Gasteiger partial charge in [-0.3, -0.25) is 9.69 Å². The first kappa shape index (κ1) is 17.5. The molecular weight excluding hydrogens is 481 g/mol. The fourth-order valence-corrected chi connectivity index (χ4v) is 4.23. The molecule has 1 N–H and O–H groups in total. The minimum atomic E-state index is -0.371. The first-order valence-corrected chi connectivity index (χ1v) is 9.76. The summed E-state index contributed by atoms with van der Waals surface area (Å²) in [6, 6.07) is 16.9. The lowest BCUT2D eigenvalue weighted by molar-refractivity contribution is 0.0992. The molecule has 1 atom stereocenters. The zero-order valence-electron chi connectivity index (χ0n) is 13.3. The summed E-state index contributed by atoms with van der Waals surface area (Å²) in [5, 5.41) is 3.98. The molecule has 2 heterocycles. The molecule has 3 aromatic rings. The van der Waals surface area contributed by atoms with Crippen LogP contribution in [0.2, 0.25) is 5.02 Å². The van der Waals surface area contributed by atoms with Crippen LogP contribution in [0.5, 0.6) is 0 Å². The van der Waals surface area contributed by atoms with E-state index in [1.807, 2.05) is 42.5 Å². The van der Waals surface area contributed by atoms with Crippen molar-refractivity contribution in [1.82, 2.24) is 4.98 Å². The van der Waals surface area contributed by atoms with Gasteiger partial charge in [0, 0.05) is 26.3 Å². The minimum Gasteiger partial charge on any atom is -0.360 e. The van der Waals surface area contributed by atoms with Gasteiger partial charge in [-0.1, -0.05) is 45.7 Å². The molecule has 0 saturated carbocycles. The van der Waals surface area contributed by atoms with Gasteiger partial charge in [-0.05, 0) is 52.3 Å². The van der Waals surface area contributed by atoms with Crippen molar-refractivity contribution in [2.75, 3.05) is 10.2 Å². The van der Waals surface area contributed by atoms with E-state index in [-0.39, 0.29) is 12.1 Å². The predicted octanol–water partition coefficient (Wildman–Crippen LogP) is 6.03. The molecule has 4 nitrogen and oxygen atoms in total. The number of rotatable bonds is 3. The highest BCUT2D eigenvalue weighted by Crippen LogP contribution is 2.39. The molecule has 0 saturated heterocycles. The predicted molar refractivity (Wildman–Crippen MR) is 111 cm³/mol. The number of anilines is 2. The van der Waals surface area contributed by atoms with Gasteiger partial charge in [0.2, 0.25) is 0 Å². The maximum Gasteiger partial charge on any atom is 0.261 e. The molecule has 130 valence electrons. The van der Waals surface area contributed by atoms with E-state index >= 15 is 0 Å². The van der Waals surface area contributed by atoms with Crippen LogP contribution >= 0.6 is 43.5 Å². The molecule has 0 aliphatic carbocycles. The number of amides is 1. The number of hydrogen-bond acceptors (Lipinski definition) is 3. The average Bonchev–Trinajstić information content (AvgIpc) is 2.91. The van der Waals surface area contributed by atoms with E-state index in [0.29, 0.717) is 16.4 Å². The molecule has 0 bridgehead atoms. The highest BCUT2D eigenvalue weighted by Gasteiger charge is 2.38. The zero-order valence-corrected chi connectivity index (χ0v) is 17.2. The van der Waals surface area contributed by atoms with Crippen LogP contribution in [0, 0.1) is 0 Å². The number of benzene rings is 2. The van der Waals surface area contributed by atoms with E-state index in [2.05, 4.69) is 42.2 Å². The van der Waals surface area contributed by atoms with Gasteiger partial charge in [0.15, 0.2) is 0 Å².